The molecule has 0 spiro atoms. The van der Waals surface area contributed by atoms with Crippen molar-refractivity contribution in [3.05, 3.63) is 16.1 Å². The van der Waals surface area contributed by atoms with Gasteiger partial charge >= 0.3 is 5.97 Å². The van der Waals surface area contributed by atoms with Gasteiger partial charge in [0.1, 0.15) is 0 Å². The Morgan fingerprint density at radius 2 is 2.00 bits per heavy atom. The molecule has 0 aliphatic carbocycles. The van der Waals surface area contributed by atoms with Crippen LogP contribution in [0.5, 0.6) is 0 Å². The number of thiazole rings is 1. The van der Waals surface area contributed by atoms with Gasteiger partial charge in [-0.1, -0.05) is 13.8 Å². The average molecular weight is 310 g/mol. The molecule has 1 aromatic rings. The van der Waals surface area contributed by atoms with Crippen molar-refractivity contribution < 1.29 is 14.7 Å². The topological polar surface area (TPSA) is 70.5 Å². The van der Waals surface area contributed by atoms with Gasteiger partial charge in [-0.25, -0.2) is 9.78 Å². The summed E-state index contributed by atoms with van der Waals surface area (Å²) in [4.78, 5) is 29.3. The van der Waals surface area contributed by atoms with E-state index in [1.807, 2.05) is 4.90 Å². The lowest BCUT2D eigenvalue weighted by molar-refractivity contribution is -0.136. The molecule has 21 heavy (non-hydrogen) atoms. The number of likely N-dealkylation sites (tertiary alicyclic amines) is 1. The van der Waals surface area contributed by atoms with Crippen LogP contribution in [-0.4, -0.2) is 40.0 Å². The van der Waals surface area contributed by atoms with Gasteiger partial charge in [0.25, 0.3) is 0 Å². The second kappa shape index (κ2) is 7.02. The van der Waals surface area contributed by atoms with Gasteiger partial charge in [-0.3, -0.25) is 4.79 Å². The Morgan fingerprint density at radius 3 is 2.48 bits per heavy atom. The summed E-state index contributed by atoms with van der Waals surface area (Å²) in [6, 6.07) is 0. The summed E-state index contributed by atoms with van der Waals surface area (Å²) in [6.45, 7) is 5.62. The van der Waals surface area contributed by atoms with Crippen molar-refractivity contribution in [1.82, 2.24) is 9.88 Å². The molecule has 1 N–H and O–H groups in total. The fraction of sp³-hybridized carbons (Fsp3) is 0.667. The second-order valence-corrected chi connectivity index (χ2v) is 6.38. The molecule has 1 aromatic heterocycles. The van der Waals surface area contributed by atoms with Crippen molar-refractivity contribution in [3.63, 3.8) is 0 Å². The first-order valence-corrected chi connectivity index (χ1v) is 8.42. The molecule has 5 nitrogen and oxygen atoms in total. The van der Waals surface area contributed by atoms with E-state index in [0.29, 0.717) is 0 Å². The zero-order valence-corrected chi connectivity index (χ0v) is 13.4. The zero-order valence-electron chi connectivity index (χ0n) is 12.5. The van der Waals surface area contributed by atoms with Crippen LogP contribution in [0.25, 0.3) is 0 Å². The van der Waals surface area contributed by atoms with Crippen LogP contribution < -0.4 is 0 Å². The zero-order chi connectivity index (χ0) is 15.4. The van der Waals surface area contributed by atoms with Crippen molar-refractivity contribution >= 4 is 23.2 Å². The molecule has 116 valence electrons. The van der Waals surface area contributed by atoms with E-state index in [-0.39, 0.29) is 23.4 Å². The van der Waals surface area contributed by atoms with Gasteiger partial charge in [-0.05, 0) is 25.7 Å². The van der Waals surface area contributed by atoms with Crippen LogP contribution in [0.2, 0.25) is 0 Å². The minimum Gasteiger partial charge on any atom is -0.476 e. The van der Waals surface area contributed by atoms with Crippen molar-refractivity contribution in [3.8, 4) is 0 Å². The van der Waals surface area contributed by atoms with E-state index in [1.165, 1.54) is 11.3 Å². The predicted molar refractivity (Wildman–Crippen MR) is 81.7 cm³/mol. The standard InChI is InChI=1S/C15H22N2O3S/c1-3-10(4-2)14(18)17-7-5-11(6-8-17)13-16-12(9-21-13)15(19)20/h9-11H,3-8H2,1-2H3,(H,19,20). The van der Waals surface area contributed by atoms with E-state index >= 15 is 0 Å². The number of piperidine rings is 1. The molecule has 6 heteroatoms. The molecule has 1 amide bonds. The molecule has 0 bridgehead atoms. The highest BCUT2D eigenvalue weighted by molar-refractivity contribution is 7.09. The van der Waals surface area contributed by atoms with Crippen molar-refractivity contribution in [2.75, 3.05) is 13.1 Å². The maximum absolute atomic E-state index is 12.3. The van der Waals surface area contributed by atoms with E-state index in [0.717, 1.165) is 43.8 Å². The van der Waals surface area contributed by atoms with Gasteiger partial charge in [-0.15, -0.1) is 11.3 Å². The molecular formula is C15H22N2O3S. The van der Waals surface area contributed by atoms with Gasteiger partial charge < -0.3 is 10.0 Å². The first-order chi connectivity index (χ1) is 10.1. The van der Waals surface area contributed by atoms with Crippen LogP contribution in [0, 0.1) is 5.92 Å². The number of aromatic nitrogens is 1. The van der Waals surface area contributed by atoms with E-state index in [1.54, 1.807) is 5.38 Å². The number of amides is 1. The number of carbonyl (C=O) groups is 2. The van der Waals surface area contributed by atoms with Gasteiger partial charge in [0, 0.05) is 30.3 Å². The predicted octanol–water partition coefficient (Wildman–Crippen LogP) is 2.98. The lowest BCUT2D eigenvalue weighted by atomic mass is 9.95. The second-order valence-electron chi connectivity index (χ2n) is 5.49. The largest absolute Gasteiger partial charge is 0.476 e. The third-order valence-electron chi connectivity index (χ3n) is 4.23. The number of carboxylic acids is 1. The highest BCUT2D eigenvalue weighted by atomic mass is 32.1. The quantitative estimate of drug-likeness (QED) is 0.907. The summed E-state index contributed by atoms with van der Waals surface area (Å²) < 4.78 is 0. The third-order valence-corrected chi connectivity index (χ3v) is 5.24. The summed E-state index contributed by atoms with van der Waals surface area (Å²) in [5.41, 5.74) is 0.130. The molecule has 1 aliphatic rings. The summed E-state index contributed by atoms with van der Waals surface area (Å²) in [5, 5.41) is 11.4. The van der Waals surface area contributed by atoms with Crippen molar-refractivity contribution in [2.24, 2.45) is 5.92 Å². The summed E-state index contributed by atoms with van der Waals surface area (Å²) in [7, 11) is 0. The first kappa shape index (κ1) is 15.9. The van der Waals surface area contributed by atoms with E-state index in [9.17, 15) is 9.59 Å². The third kappa shape index (κ3) is 3.61. The highest BCUT2D eigenvalue weighted by Gasteiger charge is 2.28. The molecule has 0 atom stereocenters. The minimum absolute atomic E-state index is 0.130. The molecule has 2 rings (SSSR count). The Balaban J connectivity index is 1.93. The summed E-state index contributed by atoms with van der Waals surface area (Å²) in [5.74, 6) is -0.281. The Labute approximate surface area is 129 Å². The monoisotopic (exact) mass is 310 g/mol. The van der Waals surface area contributed by atoms with Crippen LogP contribution in [0.15, 0.2) is 5.38 Å². The highest BCUT2D eigenvalue weighted by Crippen LogP contribution is 2.31. The van der Waals surface area contributed by atoms with Gasteiger partial charge in [0.2, 0.25) is 5.91 Å². The lowest BCUT2D eigenvalue weighted by Gasteiger charge is -2.33. The minimum atomic E-state index is -0.973. The Hall–Kier alpha value is -1.43. The normalized spacial score (nSPS) is 16.4. The number of aromatic carboxylic acids is 1. The van der Waals surface area contributed by atoms with Crippen LogP contribution in [0.3, 0.4) is 0 Å². The van der Waals surface area contributed by atoms with Crippen LogP contribution in [-0.2, 0) is 4.79 Å². The van der Waals surface area contributed by atoms with Crippen LogP contribution in [0.4, 0.5) is 0 Å². The van der Waals surface area contributed by atoms with Crippen molar-refractivity contribution in [1.29, 1.82) is 0 Å². The molecule has 0 unspecified atom stereocenters. The van der Waals surface area contributed by atoms with E-state index in [4.69, 9.17) is 5.11 Å². The first-order valence-electron chi connectivity index (χ1n) is 7.54. The molecule has 1 fully saturated rings. The fourth-order valence-corrected chi connectivity index (χ4v) is 3.78. The SMILES string of the molecule is CCC(CC)C(=O)N1CCC(c2nc(C(=O)O)cs2)CC1. The Kier molecular flexibility index (Phi) is 5.33. The maximum atomic E-state index is 12.3. The fourth-order valence-electron chi connectivity index (χ4n) is 2.82. The maximum Gasteiger partial charge on any atom is 0.355 e. The molecule has 2 heterocycles. The summed E-state index contributed by atoms with van der Waals surface area (Å²) in [6.07, 6.45) is 3.53. The van der Waals surface area contributed by atoms with Crippen molar-refractivity contribution in [2.45, 2.75) is 45.4 Å². The smallest absolute Gasteiger partial charge is 0.355 e. The van der Waals surface area contributed by atoms with E-state index in [2.05, 4.69) is 18.8 Å². The number of carboxylic acid groups (broad SMARTS) is 1. The van der Waals surface area contributed by atoms with Gasteiger partial charge in [-0.2, -0.15) is 0 Å². The number of hydrogen-bond acceptors (Lipinski definition) is 4. The van der Waals surface area contributed by atoms with Gasteiger partial charge in [0.15, 0.2) is 5.69 Å². The molecule has 1 aliphatic heterocycles. The number of nitrogens with zero attached hydrogens (tertiary/aromatic N) is 2. The molecule has 0 radical (unpaired) electrons. The molecular weight excluding hydrogens is 288 g/mol. The number of rotatable bonds is 5. The Bertz CT molecular complexity index is 503. The number of carbonyl (C=O) groups excluding carboxylic acids is 1. The Morgan fingerprint density at radius 1 is 1.38 bits per heavy atom. The molecule has 0 saturated carbocycles. The average Bonchev–Trinajstić information content (AvgIpc) is 2.98. The lowest BCUT2D eigenvalue weighted by Crippen LogP contribution is -2.41. The van der Waals surface area contributed by atoms with Crippen LogP contribution in [0.1, 0.15) is 60.9 Å². The van der Waals surface area contributed by atoms with Gasteiger partial charge in [0.05, 0.1) is 5.01 Å². The number of hydrogen-bond donors (Lipinski definition) is 1. The summed E-state index contributed by atoms with van der Waals surface area (Å²) >= 11 is 1.41. The van der Waals surface area contributed by atoms with Crippen LogP contribution >= 0.6 is 11.3 Å². The molecule has 1 saturated heterocycles. The molecule has 0 aromatic carbocycles. The van der Waals surface area contributed by atoms with E-state index < -0.39 is 5.97 Å².